The molecule has 2 aromatic carbocycles. The summed E-state index contributed by atoms with van der Waals surface area (Å²) in [5, 5.41) is 5.96. The highest BCUT2D eigenvalue weighted by molar-refractivity contribution is 7.89. The van der Waals surface area contributed by atoms with Crippen LogP contribution in [0.4, 0.5) is 5.69 Å². The van der Waals surface area contributed by atoms with Crippen LogP contribution < -0.4 is 10.1 Å². The van der Waals surface area contributed by atoms with E-state index in [0.29, 0.717) is 16.5 Å². The maximum Gasteiger partial charge on any atom is 0.242 e. The van der Waals surface area contributed by atoms with Crippen LogP contribution >= 0.6 is 22.9 Å². The van der Waals surface area contributed by atoms with E-state index in [4.69, 9.17) is 16.3 Å². The van der Waals surface area contributed by atoms with Crippen molar-refractivity contribution in [2.45, 2.75) is 11.3 Å². The number of halogens is 1. The average Bonchev–Trinajstić information content (AvgIpc) is 3.16. The first-order chi connectivity index (χ1) is 14.2. The van der Waals surface area contributed by atoms with Gasteiger partial charge in [0.2, 0.25) is 15.9 Å². The Labute approximate surface area is 184 Å². The van der Waals surface area contributed by atoms with Gasteiger partial charge in [-0.3, -0.25) is 4.79 Å². The van der Waals surface area contributed by atoms with Gasteiger partial charge in [0, 0.05) is 30.1 Å². The third kappa shape index (κ3) is 4.99. The van der Waals surface area contributed by atoms with E-state index in [0.717, 1.165) is 14.9 Å². The number of nitrogens with one attached hydrogen (secondary N) is 1. The Kier molecular flexibility index (Phi) is 6.77. The highest BCUT2D eigenvalue weighted by atomic mass is 35.5. The quantitative estimate of drug-likeness (QED) is 0.571. The Balaban J connectivity index is 1.77. The van der Waals surface area contributed by atoms with Crippen LogP contribution in [-0.4, -0.2) is 44.8 Å². The largest absolute Gasteiger partial charge is 0.495 e. The minimum absolute atomic E-state index is 0.0396. The maximum atomic E-state index is 12.6. The first-order valence-corrected chi connectivity index (χ1v) is 11.5. The van der Waals surface area contributed by atoms with E-state index in [9.17, 15) is 13.2 Å². The van der Waals surface area contributed by atoms with Crippen LogP contribution in [0.3, 0.4) is 0 Å². The van der Waals surface area contributed by atoms with E-state index in [1.165, 1.54) is 50.7 Å². The molecule has 0 radical (unpaired) electrons. The lowest BCUT2D eigenvalue weighted by Gasteiger charge is -2.15. The van der Waals surface area contributed by atoms with Gasteiger partial charge in [0.05, 0.1) is 29.8 Å². The number of hydrogen-bond acceptors (Lipinski definition) is 6. The number of methoxy groups -OCH3 is 1. The number of ether oxygens (including phenoxy) is 1. The van der Waals surface area contributed by atoms with Crippen molar-refractivity contribution in [2.24, 2.45) is 0 Å². The summed E-state index contributed by atoms with van der Waals surface area (Å²) in [4.78, 5) is 17.1. The zero-order valence-corrected chi connectivity index (χ0v) is 18.9. The van der Waals surface area contributed by atoms with Crippen LogP contribution in [0, 0.1) is 0 Å². The number of anilines is 1. The SMILES string of the molecule is COc1ccc(S(=O)(=O)N(C)C)cc1NC(=O)Cc1csc(-c2ccc(Cl)cc2)n1. The Morgan fingerprint density at radius 2 is 1.90 bits per heavy atom. The van der Waals surface area contributed by atoms with Crippen molar-refractivity contribution in [3.63, 3.8) is 0 Å². The molecule has 3 aromatic rings. The van der Waals surface area contributed by atoms with E-state index in [1.807, 2.05) is 17.5 Å². The van der Waals surface area contributed by atoms with Crippen LogP contribution in [0.25, 0.3) is 10.6 Å². The van der Waals surface area contributed by atoms with Crippen molar-refractivity contribution in [2.75, 3.05) is 26.5 Å². The van der Waals surface area contributed by atoms with Gasteiger partial charge >= 0.3 is 0 Å². The zero-order chi connectivity index (χ0) is 21.9. The van der Waals surface area contributed by atoms with Gasteiger partial charge in [-0.1, -0.05) is 23.7 Å². The highest BCUT2D eigenvalue weighted by Crippen LogP contribution is 2.29. The van der Waals surface area contributed by atoms with Crippen LogP contribution in [0.5, 0.6) is 5.75 Å². The molecular formula is C20H20ClN3O4S2. The van der Waals surface area contributed by atoms with Crippen molar-refractivity contribution in [1.29, 1.82) is 0 Å². The van der Waals surface area contributed by atoms with Crippen LogP contribution in [0.2, 0.25) is 5.02 Å². The molecule has 0 bridgehead atoms. The topological polar surface area (TPSA) is 88.6 Å². The number of rotatable bonds is 7. The van der Waals surface area contributed by atoms with Gasteiger partial charge < -0.3 is 10.1 Å². The second-order valence-corrected chi connectivity index (χ2v) is 9.97. The number of nitrogens with zero attached hydrogens (tertiary/aromatic N) is 2. The average molecular weight is 466 g/mol. The van der Waals surface area contributed by atoms with E-state index >= 15 is 0 Å². The molecule has 0 saturated heterocycles. The molecule has 1 aromatic heterocycles. The summed E-state index contributed by atoms with van der Waals surface area (Å²) < 4.78 is 31.1. The lowest BCUT2D eigenvalue weighted by atomic mass is 10.2. The predicted octanol–water partition coefficient (Wildman–Crippen LogP) is 3.90. The minimum Gasteiger partial charge on any atom is -0.495 e. The number of sulfonamides is 1. The van der Waals surface area contributed by atoms with E-state index in [-0.39, 0.29) is 22.9 Å². The fourth-order valence-corrected chi connectivity index (χ4v) is 4.51. The molecule has 1 heterocycles. The Hall–Kier alpha value is -2.46. The Bertz CT molecular complexity index is 1160. The number of aromatic nitrogens is 1. The molecule has 0 spiro atoms. The molecular weight excluding hydrogens is 446 g/mol. The van der Waals surface area contributed by atoms with Gasteiger partial charge in [-0.05, 0) is 30.3 Å². The number of carbonyl (C=O) groups excluding carboxylic acids is 1. The highest BCUT2D eigenvalue weighted by Gasteiger charge is 2.20. The number of amides is 1. The molecule has 0 saturated carbocycles. The van der Waals surface area contributed by atoms with E-state index < -0.39 is 10.0 Å². The molecule has 3 rings (SSSR count). The molecule has 30 heavy (non-hydrogen) atoms. The number of thiazole rings is 1. The molecule has 1 N–H and O–H groups in total. The maximum absolute atomic E-state index is 12.6. The van der Waals surface area contributed by atoms with Crippen LogP contribution in [0.15, 0.2) is 52.7 Å². The fraction of sp³-hybridized carbons (Fsp3) is 0.200. The zero-order valence-electron chi connectivity index (χ0n) is 16.5. The summed E-state index contributed by atoms with van der Waals surface area (Å²) in [7, 11) is 0.691. The number of hydrogen-bond donors (Lipinski definition) is 1. The van der Waals surface area contributed by atoms with Crippen molar-refractivity contribution >= 4 is 44.6 Å². The molecule has 158 valence electrons. The summed E-state index contributed by atoms with van der Waals surface area (Å²) in [6.07, 6.45) is 0.0396. The normalized spacial score (nSPS) is 11.5. The summed E-state index contributed by atoms with van der Waals surface area (Å²) in [5.41, 5.74) is 1.80. The summed E-state index contributed by atoms with van der Waals surface area (Å²) in [6.45, 7) is 0. The smallest absolute Gasteiger partial charge is 0.242 e. The van der Waals surface area contributed by atoms with Crippen molar-refractivity contribution in [1.82, 2.24) is 9.29 Å². The monoisotopic (exact) mass is 465 g/mol. The molecule has 0 atom stereocenters. The van der Waals surface area contributed by atoms with Crippen molar-refractivity contribution in [3.8, 4) is 16.3 Å². The fourth-order valence-electron chi connectivity index (χ4n) is 2.63. The summed E-state index contributed by atoms with van der Waals surface area (Å²) >= 11 is 7.34. The number of carbonyl (C=O) groups is 1. The summed E-state index contributed by atoms with van der Waals surface area (Å²) in [5.74, 6) is 0.0295. The van der Waals surface area contributed by atoms with Crippen LogP contribution in [-0.2, 0) is 21.2 Å². The van der Waals surface area contributed by atoms with Gasteiger partial charge in [-0.2, -0.15) is 0 Å². The van der Waals surface area contributed by atoms with Gasteiger partial charge in [-0.25, -0.2) is 17.7 Å². The molecule has 7 nitrogen and oxygen atoms in total. The standard InChI is InChI=1S/C20H20ClN3O4S2/c1-24(2)30(26,27)16-8-9-18(28-3)17(11-16)23-19(25)10-15-12-29-20(22-15)13-4-6-14(21)7-5-13/h4-9,11-12H,10H2,1-3H3,(H,23,25). The summed E-state index contributed by atoms with van der Waals surface area (Å²) in [6, 6.07) is 11.6. The van der Waals surface area contributed by atoms with Gasteiger partial charge in [0.15, 0.2) is 0 Å². The molecule has 0 aliphatic heterocycles. The molecule has 0 aliphatic carbocycles. The van der Waals surface area contributed by atoms with Crippen molar-refractivity contribution < 1.29 is 17.9 Å². The molecule has 0 aliphatic rings. The minimum atomic E-state index is -3.64. The van der Waals surface area contributed by atoms with Gasteiger partial charge in [0.1, 0.15) is 10.8 Å². The predicted molar refractivity (Wildman–Crippen MR) is 119 cm³/mol. The molecule has 1 amide bonds. The number of benzene rings is 2. The van der Waals surface area contributed by atoms with E-state index in [2.05, 4.69) is 10.3 Å². The van der Waals surface area contributed by atoms with E-state index in [1.54, 1.807) is 12.1 Å². The second kappa shape index (κ2) is 9.13. The lowest BCUT2D eigenvalue weighted by molar-refractivity contribution is -0.115. The van der Waals surface area contributed by atoms with Gasteiger partial charge in [-0.15, -0.1) is 11.3 Å². The third-order valence-electron chi connectivity index (χ3n) is 4.21. The Morgan fingerprint density at radius 3 is 2.53 bits per heavy atom. The molecule has 0 fully saturated rings. The van der Waals surface area contributed by atoms with Crippen molar-refractivity contribution in [3.05, 3.63) is 58.6 Å². The molecule has 10 heteroatoms. The lowest BCUT2D eigenvalue weighted by Crippen LogP contribution is -2.22. The third-order valence-corrected chi connectivity index (χ3v) is 7.21. The first kappa shape index (κ1) is 22.2. The molecule has 0 unspecified atom stereocenters. The second-order valence-electron chi connectivity index (χ2n) is 6.53. The van der Waals surface area contributed by atoms with Gasteiger partial charge in [0.25, 0.3) is 0 Å². The first-order valence-electron chi connectivity index (χ1n) is 8.81. The van der Waals surface area contributed by atoms with Crippen LogP contribution in [0.1, 0.15) is 5.69 Å². The Morgan fingerprint density at radius 1 is 1.20 bits per heavy atom.